The first-order chi connectivity index (χ1) is 19.7. The Balaban J connectivity index is 3.06. The molecule has 0 fully saturated rings. The minimum atomic E-state index is -0.249. The van der Waals surface area contributed by atoms with E-state index in [4.69, 9.17) is 4.74 Å². The van der Waals surface area contributed by atoms with Gasteiger partial charge >= 0.3 is 5.97 Å². The number of hydrogen-bond acceptors (Lipinski definition) is 2. The van der Waals surface area contributed by atoms with Crippen molar-refractivity contribution in [3.63, 3.8) is 0 Å². The smallest absolute Gasteiger partial charge is 0.333 e. The molecule has 0 aromatic heterocycles. The lowest BCUT2D eigenvalue weighted by atomic mass is 10.0. The lowest BCUT2D eigenvalue weighted by molar-refractivity contribution is -0.139. The second-order valence-electron chi connectivity index (χ2n) is 12.9. The topological polar surface area (TPSA) is 26.3 Å². The van der Waals surface area contributed by atoms with Crippen molar-refractivity contribution in [3.05, 3.63) is 12.2 Å². The van der Waals surface area contributed by atoms with Crippen molar-refractivity contribution in [2.45, 2.75) is 219 Å². The molecule has 238 valence electrons. The highest BCUT2D eigenvalue weighted by Gasteiger charge is 2.02. The summed E-state index contributed by atoms with van der Waals surface area (Å²) in [5, 5.41) is 0. The van der Waals surface area contributed by atoms with Crippen LogP contribution in [-0.2, 0) is 9.53 Å². The Bertz CT molecular complexity index is 512. The maximum atomic E-state index is 11.3. The maximum Gasteiger partial charge on any atom is 0.333 e. The van der Waals surface area contributed by atoms with Gasteiger partial charge < -0.3 is 4.74 Å². The van der Waals surface area contributed by atoms with Gasteiger partial charge in [0.2, 0.25) is 0 Å². The zero-order valence-corrected chi connectivity index (χ0v) is 27.9. The van der Waals surface area contributed by atoms with Crippen molar-refractivity contribution in [3.8, 4) is 0 Å². The molecule has 2 heteroatoms. The van der Waals surface area contributed by atoms with Crippen LogP contribution in [0.2, 0.25) is 0 Å². The average molecular weight is 563 g/mol. The molecular formula is C38H74O2. The summed E-state index contributed by atoms with van der Waals surface area (Å²) < 4.78 is 5.13. The number of carbonyl (C=O) groups excluding carboxylic acids is 1. The van der Waals surface area contributed by atoms with Crippen LogP contribution in [0.1, 0.15) is 219 Å². The van der Waals surface area contributed by atoms with Crippen LogP contribution in [0.4, 0.5) is 0 Å². The predicted octanol–water partition coefficient (Wildman–Crippen LogP) is 13.6. The summed E-state index contributed by atoms with van der Waals surface area (Å²) in [6.45, 7) is 8.15. The van der Waals surface area contributed by atoms with Gasteiger partial charge in [0, 0.05) is 5.57 Å². The van der Waals surface area contributed by atoms with E-state index in [0.29, 0.717) is 12.2 Å². The molecule has 0 N–H and O–H groups in total. The first kappa shape index (κ1) is 39.2. The third-order valence-corrected chi connectivity index (χ3v) is 8.58. The Morgan fingerprint density at radius 1 is 0.400 bits per heavy atom. The zero-order valence-electron chi connectivity index (χ0n) is 27.9. The summed E-state index contributed by atoms with van der Waals surface area (Å²) in [7, 11) is 0. The number of unbranched alkanes of at least 4 members (excludes halogenated alkanes) is 31. The van der Waals surface area contributed by atoms with Crippen LogP contribution in [0, 0.1) is 0 Å². The molecule has 0 aromatic carbocycles. The van der Waals surface area contributed by atoms with Gasteiger partial charge in [0.25, 0.3) is 0 Å². The number of esters is 1. The molecule has 0 saturated heterocycles. The average Bonchev–Trinajstić information content (AvgIpc) is 2.95. The summed E-state index contributed by atoms with van der Waals surface area (Å²) in [4.78, 5) is 11.3. The molecule has 0 radical (unpaired) electrons. The monoisotopic (exact) mass is 563 g/mol. The Morgan fingerprint density at radius 2 is 0.600 bits per heavy atom. The van der Waals surface area contributed by atoms with Gasteiger partial charge in [0.15, 0.2) is 0 Å². The molecule has 0 atom stereocenters. The molecule has 0 aliphatic heterocycles. The van der Waals surface area contributed by atoms with Crippen LogP contribution >= 0.6 is 0 Å². The third-order valence-electron chi connectivity index (χ3n) is 8.58. The lowest BCUT2D eigenvalue weighted by Crippen LogP contribution is -2.05. The van der Waals surface area contributed by atoms with Crippen molar-refractivity contribution in [2.24, 2.45) is 0 Å². The zero-order chi connectivity index (χ0) is 29.2. The van der Waals surface area contributed by atoms with E-state index in [1.54, 1.807) is 6.92 Å². The van der Waals surface area contributed by atoms with Crippen LogP contribution in [0.25, 0.3) is 0 Å². The normalized spacial score (nSPS) is 11.2. The largest absolute Gasteiger partial charge is 0.462 e. The molecule has 0 aliphatic carbocycles. The summed E-state index contributed by atoms with van der Waals surface area (Å²) in [6.07, 6.45) is 45.5. The maximum absolute atomic E-state index is 11.3. The Morgan fingerprint density at radius 3 is 0.800 bits per heavy atom. The molecule has 0 rings (SSSR count). The highest BCUT2D eigenvalue weighted by Crippen LogP contribution is 2.16. The molecule has 0 bridgehead atoms. The molecule has 0 aliphatic rings. The fourth-order valence-corrected chi connectivity index (χ4v) is 5.77. The lowest BCUT2D eigenvalue weighted by Gasteiger charge is -2.05. The molecule has 0 aromatic rings. The fraction of sp³-hybridized carbons (Fsp3) is 0.921. The number of rotatable bonds is 34. The Labute approximate surface area is 253 Å². The second kappa shape index (κ2) is 34.4. The van der Waals surface area contributed by atoms with Gasteiger partial charge in [0.1, 0.15) is 0 Å². The van der Waals surface area contributed by atoms with Gasteiger partial charge in [-0.3, -0.25) is 0 Å². The van der Waals surface area contributed by atoms with Crippen molar-refractivity contribution >= 4 is 5.97 Å². The van der Waals surface area contributed by atoms with E-state index in [1.165, 1.54) is 199 Å². The minimum absolute atomic E-state index is 0.249. The molecule has 0 unspecified atom stereocenters. The van der Waals surface area contributed by atoms with Crippen LogP contribution in [0.5, 0.6) is 0 Å². The summed E-state index contributed by atoms with van der Waals surface area (Å²) in [6, 6.07) is 0. The van der Waals surface area contributed by atoms with Crippen LogP contribution < -0.4 is 0 Å². The summed E-state index contributed by atoms with van der Waals surface area (Å²) >= 11 is 0. The first-order valence-electron chi connectivity index (χ1n) is 18.5. The predicted molar refractivity (Wildman–Crippen MR) is 179 cm³/mol. The standard InChI is InChI=1S/C38H74O2/c1-4-5-6-7-8-9-10-11-12-13-14-15-16-17-18-19-20-21-22-23-24-25-26-27-28-29-30-31-32-33-34-35-36-40-38(39)37(2)3/h2,4-36H2,1,3H3. The van der Waals surface area contributed by atoms with Gasteiger partial charge in [-0.2, -0.15) is 0 Å². The van der Waals surface area contributed by atoms with E-state index in [0.717, 1.165) is 6.42 Å². The van der Waals surface area contributed by atoms with Gasteiger partial charge in [-0.25, -0.2) is 4.79 Å². The SMILES string of the molecule is C=C(C)C(=O)OCCCCCCCCCCCCCCCCCCCCCCCCCCCCCCCCCC. The first-order valence-corrected chi connectivity index (χ1v) is 18.5. The third kappa shape index (κ3) is 33.4. The van der Waals surface area contributed by atoms with Gasteiger partial charge in [0.05, 0.1) is 6.61 Å². The summed E-state index contributed by atoms with van der Waals surface area (Å²) in [5.41, 5.74) is 0.496. The Kier molecular flexibility index (Phi) is 33.7. The van der Waals surface area contributed by atoms with Crippen LogP contribution in [-0.4, -0.2) is 12.6 Å². The molecule has 0 amide bonds. The highest BCUT2D eigenvalue weighted by molar-refractivity contribution is 5.86. The molecule has 0 spiro atoms. The van der Waals surface area contributed by atoms with Gasteiger partial charge in [-0.15, -0.1) is 0 Å². The molecule has 2 nitrogen and oxygen atoms in total. The molecule has 0 heterocycles. The number of ether oxygens (including phenoxy) is 1. The van der Waals surface area contributed by atoms with Crippen molar-refractivity contribution in [1.82, 2.24) is 0 Å². The molecule has 0 saturated carbocycles. The van der Waals surface area contributed by atoms with E-state index in [1.807, 2.05) is 0 Å². The van der Waals surface area contributed by atoms with Crippen LogP contribution in [0.3, 0.4) is 0 Å². The van der Waals surface area contributed by atoms with E-state index < -0.39 is 0 Å². The van der Waals surface area contributed by atoms with E-state index in [2.05, 4.69) is 13.5 Å². The van der Waals surface area contributed by atoms with Crippen molar-refractivity contribution < 1.29 is 9.53 Å². The molecular weight excluding hydrogens is 488 g/mol. The van der Waals surface area contributed by atoms with E-state index in [-0.39, 0.29) is 5.97 Å². The van der Waals surface area contributed by atoms with Crippen LogP contribution in [0.15, 0.2) is 12.2 Å². The summed E-state index contributed by atoms with van der Waals surface area (Å²) in [5.74, 6) is -0.249. The number of carbonyl (C=O) groups is 1. The van der Waals surface area contributed by atoms with Crippen molar-refractivity contribution in [2.75, 3.05) is 6.61 Å². The second-order valence-corrected chi connectivity index (χ2v) is 12.9. The minimum Gasteiger partial charge on any atom is -0.462 e. The highest BCUT2D eigenvalue weighted by atomic mass is 16.5. The van der Waals surface area contributed by atoms with Crippen molar-refractivity contribution in [1.29, 1.82) is 0 Å². The van der Waals surface area contributed by atoms with E-state index >= 15 is 0 Å². The Hall–Kier alpha value is -0.790. The molecule has 40 heavy (non-hydrogen) atoms. The quantitative estimate of drug-likeness (QED) is 0.0443. The van der Waals surface area contributed by atoms with E-state index in [9.17, 15) is 4.79 Å². The van der Waals surface area contributed by atoms with Gasteiger partial charge in [-0.05, 0) is 13.3 Å². The number of hydrogen-bond donors (Lipinski definition) is 0. The van der Waals surface area contributed by atoms with Gasteiger partial charge in [-0.1, -0.05) is 213 Å². The fourth-order valence-electron chi connectivity index (χ4n) is 5.77.